The second-order valence-corrected chi connectivity index (χ2v) is 6.05. The van der Waals surface area contributed by atoms with Gasteiger partial charge in [0.2, 0.25) is 5.91 Å². The second-order valence-electron chi connectivity index (χ2n) is 5.20. The zero-order valence-electron chi connectivity index (χ0n) is 12.2. The van der Waals surface area contributed by atoms with Crippen LogP contribution in [0.2, 0.25) is 0 Å². The summed E-state index contributed by atoms with van der Waals surface area (Å²) in [5.41, 5.74) is 2.36. The maximum absolute atomic E-state index is 11.8. The van der Waals surface area contributed by atoms with E-state index < -0.39 is 0 Å². The fourth-order valence-electron chi connectivity index (χ4n) is 2.29. The van der Waals surface area contributed by atoms with Crippen molar-refractivity contribution in [3.63, 3.8) is 0 Å². The van der Waals surface area contributed by atoms with Crippen molar-refractivity contribution in [1.82, 2.24) is 10.2 Å². The summed E-state index contributed by atoms with van der Waals surface area (Å²) in [4.78, 5) is 15.7. The van der Waals surface area contributed by atoms with Crippen molar-refractivity contribution in [2.45, 2.75) is 19.9 Å². The third-order valence-electron chi connectivity index (χ3n) is 3.57. The molecule has 0 radical (unpaired) electrons. The van der Waals surface area contributed by atoms with Crippen LogP contribution in [-0.2, 0) is 11.3 Å². The van der Waals surface area contributed by atoms with Gasteiger partial charge < -0.3 is 15.1 Å². The van der Waals surface area contributed by atoms with Crippen molar-refractivity contribution in [1.29, 1.82) is 0 Å². The number of piperazine rings is 1. The van der Waals surface area contributed by atoms with E-state index >= 15 is 0 Å². The van der Waals surface area contributed by atoms with Gasteiger partial charge in [-0.3, -0.25) is 4.79 Å². The van der Waals surface area contributed by atoms with E-state index in [-0.39, 0.29) is 5.91 Å². The minimum Gasteiger partial charge on any atom is -0.360 e. The number of amides is 1. The van der Waals surface area contributed by atoms with Gasteiger partial charge in [0.25, 0.3) is 0 Å². The first-order valence-electron chi connectivity index (χ1n) is 7.10. The SMILES string of the molecule is CCCNCc1ccc(N2CCN(C)C(=O)C2)c(Br)c1. The molecule has 1 aromatic rings. The quantitative estimate of drug-likeness (QED) is 0.835. The summed E-state index contributed by atoms with van der Waals surface area (Å²) in [6.07, 6.45) is 1.14. The molecule has 1 aliphatic rings. The lowest BCUT2D eigenvalue weighted by atomic mass is 10.1. The highest BCUT2D eigenvalue weighted by atomic mass is 79.9. The Bertz CT molecular complexity index is 478. The number of carbonyl (C=O) groups is 1. The van der Waals surface area contributed by atoms with Gasteiger partial charge in [-0.1, -0.05) is 13.0 Å². The Balaban J connectivity index is 2.04. The number of hydrogen-bond donors (Lipinski definition) is 1. The van der Waals surface area contributed by atoms with Crippen LogP contribution in [-0.4, -0.2) is 44.0 Å². The van der Waals surface area contributed by atoms with E-state index in [1.807, 2.05) is 7.05 Å². The van der Waals surface area contributed by atoms with Crippen molar-refractivity contribution in [2.24, 2.45) is 0 Å². The first-order valence-corrected chi connectivity index (χ1v) is 7.89. The molecule has 1 amide bonds. The number of benzene rings is 1. The number of rotatable bonds is 5. The molecule has 2 rings (SSSR count). The highest BCUT2D eigenvalue weighted by Crippen LogP contribution is 2.28. The fourth-order valence-corrected chi connectivity index (χ4v) is 2.97. The first kappa shape index (κ1) is 15.3. The smallest absolute Gasteiger partial charge is 0.241 e. The summed E-state index contributed by atoms with van der Waals surface area (Å²) >= 11 is 3.63. The number of carbonyl (C=O) groups excluding carboxylic acids is 1. The van der Waals surface area contributed by atoms with Crippen LogP contribution in [0.5, 0.6) is 0 Å². The predicted molar refractivity (Wildman–Crippen MR) is 86.0 cm³/mol. The average molecular weight is 340 g/mol. The lowest BCUT2D eigenvalue weighted by Gasteiger charge is -2.34. The largest absolute Gasteiger partial charge is 0.360 e. The van der Waals surface area contributed by atoms with Crippen molar-refractivity contribution in [3.05, 3.63) is 28.2 Å². The van der Waals surface area contributed by atoms with Crippen LogP contribution in [0.3, 0.4) is 0 Å². The van der Waals surface area contributed by atoms with Crippen LogP contribution in [0.15, 0.2) is 22.7 Å². The molecule has 1 fully saturated rings. The van der Waals surface area contributed by atoms with E-state index in [4.69, 9.17) is 0 Å². The lowest BCUT2D eigenvalue weighted by Crippen LogP contribution is -2.48. The van der Waals surface area contributed by atoms with Crippen LogP contribution in [0, 0.1) is 0 Å². The fraction of sp³-hybridized carbons (Fsp3) is 0.533. The number of nitrogens with one attached hydrogen (secondary N) is 1. The van der Waals surface area contributed by atoms with Crippen LogP contribution < -0.4 is 10.2 Å². The highest BCUT2D eigenvalue weighted by molar-refractivity contribution is 9.10. The zero-order chi connectivity index (χ0) is 14.5. The molecule has 20 heavy (non-hydrogen) atoms. The molecule has 110 valence electrons. The van der Waals surface area contributed by atoms with Gasteiger partial charge in [-0.25, -0.2) is 0 Å². The van der Waals surface area contributed by atoms with E-state index in [2.05, 4.69) is 51.3 Å². The third-order valence-corrected chi connectivity index (χ3v) is 4.20. The van der Waals surface area contributed by atoms with Crippen LogP contribution in [0.1, 0.15) is 18.9 Å². The van der Waals surface area contributed by atoms with Crippen LogP contribution >= 0.6 is 15.9 Å². The van der Waals surface area contributed by atoms with Crippen LogP contribution in [0.25, 0.3) is 0 Å². The van der Waals surface area contributed by atoms with Crippen molar-refractivity contribution in [3.8, 4) is 0 Å². The topological polar surface area (TPSA) is 35.6 Å². The molecule has 0 saturated carbocycles. The summed E-state index contributed by atoms with van der Waals surface area (Å²) in [7, 11) is 1.86. The van der Waals surface area contributed by atoms with Crippen molar-refractivity contribution in [2.75, 3.05) is 38.1 Å². The summed E-state index contributed by atoms with van der Waals surface area (Å²) < 4.78 is 1.06. The average Bonchev–Trinajstić information content (AvgIpc) is 2.43. The van der Waals surface area contributed by atoms with Gasteiger partial charge in [0, 0.05) is 31.2 Å². The van der Waals surface area contributed by atoms with E-state index in [1.54, 1.807) is 4.90 Å². The molecular formula is C15H22BrN3O. The number of halogens is 1. The monoisotopic (exact) mass is 339 g/mol. The van der Waals surface area contributed by atoms with Gasteiger partial charge in [-0.2, -0.15) is 0 Å². The Morgan fingerprint density at radius 1 is 1.35 bits per heavy atom. The summed E-state index contributed by atoms with van der Waals surface area (Å²) in [5.74, 6) is 0.178. The molecule has 4 nitrogen and oxygen atoms in total. The molecule has 1 heterocycles. The Morgan fingerprint density at radius 3 is 2.80 bits per heavy atom. The van der Waals surface area contributed by atoms with E-state index in [0.29, 0.717) is 6.54 Å². The first-order chi connectivity index (χ1) is 9.61. The van der Waals surface area contributed by atoms with Gasteiger partial charge in [0.15, 0.2) is 0 Å². The minimum atomic E-state index is 0.178. The maximum atomic E-state index is 11.8. The number of likely N-dealkylation sites (N-methyl/N-ethyl adjacent to an activating group) is 1. The second kappa shape index (κ2) is 7.09. The molecule has 1 saturated heterocycles. The highest BCUT2D eigenvalue weighted by Gasteiger charge is 2.22. The molecule has 5 heteroatoms. The maximum Gasteiger partial charge on any atom is 0.241 e. The molecule has 1 aromatic carbocycles. The third kappa shape index (κ3) is 3.73. The number of nitrogens with zero attached hydrogens (tertiary/aromatic N) is 2. The lowest BCUT2D eigenvalue weighted by molar-refractivity contribution is -0.129. The Kier molecular flexibility index (Phi) is 5.43. The van der Waals surface area contributed by atoms with Gasteiger partial charge >= 0.3 is 0 Å². The van der Waals surface area contributed by atoms with Gasteiger partial charge in [0.1, 0.15) is 0 Å². The van der Waals surface area contributed by atoms with E-state index in [1.165, 1.54) is 5.56 Å². The molecule has 0 atom stereocenters. The molecule has 1 aliphatic heterocycles. The number of hydrogen-bond acceptors (Lipinski definition) is 3. The minimum absolute atomic E-state index is 0.178. The Morgan fingerprint density at radius 2 is 2.15 bits per heavy atom. The molecule has 1 N–H and O–H groups in total. The standard InChI is InChI=1S/C15H22BrN3O/c1-3-6-17-10-12-4-5-14(13(16)9-12)19-8-7-18(2)15(20)11-19/h4-5,9,17H,3,6-8,10-11H2,1-2H3. The Hall–Kier alpha value is -1.07. The van der Waals surface area contributed by atoms with Gasteiger partial charge in [-0.05, 0) is 46.6 Å². The Labute approximate surface area is 129 Å². The van der Waals surface area contributed by atoms with Gasteiger partial charge in [0.05, 0.1) is 12.2 Å². The zero-order valence-corrected chi connectivity index (χ0v) is 13.7. The molecular weight excluding hydrogens is 318 g/mol. The normalized spacial score (nSPS) is 15.8. The summed E-state index contributed by atoms with van der Waals surface area (Å²) in [5, 5.41) is 3.40. The molecule has 0 aromatic heterocycles. The predicted octanol–water partition coefficient (Wildman–Crippen LogP) is 2.23. The van der Waals surface area contributed by atoms with Crippen LogP contribution in [0.4, 0.5) is 5.69 Å². The molecule has 0 bridgehead atoms. The summed E-state index contributed by atoms with van der Waals surface area (Å²) in [6, 6.07) is 6.37. The van der Waals surface area contributed by atoms with E-state index in [0.717, 1.165) is 42.8 Å². The molecule has 0 aliphatic carbocycles. The molecule has 0 unspecified atom stereocenters. The van der Waals surface area contributed by atoms with E-state index in [9.17, 15) is 4.79 Å². The van der Waals surface area contributed by atoms with Crippen molar-refractivity contribution < 1.29 is 4.79 Å². The molecule has 0 spiro atoms. The van der Waals surface area contributed by atoms with Crippen molar-refractivity contribution >= 4 is 27.5 Å². The van der Waals surface area contributed by atoms with Gasteiger partial charge in [-0.15, -0.1) is 0 Å². The summed E-state index contributed by atoms with van der Waals surface area (Å²) in [6.45, 7) is 6.21. The number of anilines is 1.